The molecule has 0 N–H and O–H groups in total. The molecule has 0 aliphatic heterocycles. The third-order valence-corrected chi connectivity index (χ3v) is 2.09. The molecule has 0 saturated carbocycles. The van der Waals surface area contributed by atoms with Crippen LogP contribution in [0.2, 0.25) is 0 Å². The quantitative estimate of drug-likeness (QED) is 0.749. The molecule has 16 heavy (non-hydrogen) atoms. The maximum Gasteiger partial charge on any atom is 0.417 e. The molecule has 2 aromatic rings. The van der Waals surface area contributed by atoms with Crippen molar-refractivity contribution in [3.8, 4) is 11.3 Å². The molecule has 0 spiro atoms. The first kappa shape index (κ1) is 10.7. The number of rotatable bonds is 1. The van der Waals surface area contributed by atoms with E-state index >= 15 is 0 Å². The van der Waals surface area contributed by atoms with Crippen LogP contribution in [0, 0.1) is 0 Å². The summed E-state index contributed by atoms with van der Waals surface area (Å²) < 4.78 is 38.4. The molecule has 6 heteroatoms. The smallest absolute Gasteiger partial charge is 0.275 e. The zero-order valence-electron chi connectivity index (χ0n) is 8.36. The van der Waals surface area contributed by atoms with Gasteiger partial charge in [-0.25, -0.2) is 0 Å². The average Bonchev–Trinajstić information content (AvgIpc) is 2.64. The third kappa shape index (κ3) is 2.05. The molecule has 3 nitrogen and oxygen atoms in total. The van der Waals surface area contributed by atoms with E-state index in [9.17, 15) is 13.2 Å². The second-order valence-electron chi connectivity index (χ2n) is 3.33. The Morgan fingerprint density at radius 3 is 2.38 bits per heavy atom. The first-order valence-corrected chi connectivity index (χ1v) is 4.49. The minimum Gasteiger partial charge on any atom is -0.275 e. The second kappa shape index (κ2) is 3.62. The van der Waals surface area contributed by atoms with E-state index in [0.29, 0.717) is 11.3 Å². The van der Waals surface area contributed by atoms with E-state index in [4.69, 9.17) is 0 Å². The van der Waals surface area contributed by atoms with Crippen molar-refractivity contribution in [1.29, 1.82) is 0 Å². The number of aromatic nitrogens is 3. The maximum absolute atomic E-state index is 12.3. The summed E-state index contributed by atoms with van der Waals surface area (Å²) in [6.45, 7) is 0. The molecule has 0 atom stereocenters. The van der Waals surface area contributed by atoms with Gasteiger partial charge in [0, 0.05) is 25.0 Å². The van der Waals surface area contributed by atoms with Gasteiger partial charge in [0.15, 0.2) is 0 Å². The summed E-state index contributed by atoms with van der Waals surface area (Å²) >= 11 is 0. The lowest BCUT2D eigenvalue weighted by Crippen LogP contribution is -2.05. The largest absolute Gasteiger partial charge is 0.417 e. The highest BCUT2D eigenvalue weighted by molar-refractivity contribution is 5.56. The van der Waals surface area contributed by atoms with Crippen LogP contribution in [-0.4, -0.2) is 14.8 Å². The van der Waals surface area contributed by atoms with Gasteiger partial charge >= 0.3 is 6.18 Å². The number of nitrogens with zero attached hydrogens (tertiary/aromatic N) is 3. The van der Waals surface area contributed by atoms with E-state index in [0.717, 1.165) is 12.3 Å². The molecule has 0 saturated heterocycles. The maximum atomic E-state index is 12.3. The van der Waals surface area contributed by atoms with Crippen LogP contribution < -0.4 is 0 Å². The van der Waals surface area contributed by atoms with Gasteiger partial charge in [-0.2, -0.15) is 18.3 Å². The van der Waals surface area contributed by atoms with Crippen molar-refractivity contribution in [2.24, 2.45) is 7.05 Å². The molecule has 0 aliphatic carbocycles. The van der Waals surface area contributed by atoms with Gasteiger partial charge in [-0.05, 0) is 12.1 Å². The minimum absolute atomic E-state index is 0.473. The van der Waals surface area contributed by atoms with Gasteiger partial charge in [0.1, 0.15) is 0 Å². The SMILES string of the molecule is Cn1cc(-c2ccc(C(F)(F)F)cn2)cn1. The fraction of sp³-hybridized carbons (Fsp3) is 0.200. The summed E-state index contributed by atoms with van der Waals surface area (Å²) in [6.07, 6.45) is -0.284. The third-order valence-electron chi connectivity index (χ3n) is 2.09. The van der Waals surface area contributed by atoms with Crippen LogP contribution in [0.4, 0.5) is 13.2 Å². The Balaban J connectivity index is 2.33. The van der Waals surface area contributed by atoms with Gasteiger partial charge in [0.25, 0.3) is 0 Å². The van der Waals surface area contributed by atoms with Crippen molar-refractivity contribution in [2.75, 3.05) is 0 Å². The Labute approximate surface area is 89.5 Å². The van der Waals surface area contributed by atoms with E-state index in [1.807, 2.05) is 0 Å². The predicted molar refractivity (Wildman–Crippen MR) is 51.4 cm³/mol. The van der Waals surface area contributed by atoms with Crippen LogP contribution >= 0.6 is 0 Å². The van der Waals surface area contributed by atoms with Crippen LogP contribution in [0.5, 0.6) is 0 Å². The predicted octanol–water partition coefficient (Wildman–Crippen LogP) is 2.50. The molecule has 0 aromatic carbocycles. The number of halogens is 3. The molecular weight excluding hydrogens is 219 g/mol. The van der Waals surface area contributed by atoms with Gasteiger partial charge in [0.05, 0.1) is 17.5 Å². The normalized spacial score (nSPS) is 11.8. The Morgan fingerprint density at radius 1 is 1.19 bits per heavy atom. The summed E-state index contributed by atoms with van der Waals surface area (Å²) in [7, 11) is 1.73. The van der Waals surface area contributed by atoms with Gasteiger partial charge in [-0.1, -0.05) is 0 Å². The molecule has 2 rings (SSSR count). The highest BCUT2D eigenvalue weighted by Gasteiger charge is 2.30. The van der Waals surface area contributed by atoms with Crippen molar-refractivity contribution < 1.29 is 13.2 Å². The molecule has 0 aliphatic rings. The first-order valence-electron chi connectivity index (χ1n) is 4.49. The molecule has 0 unspecified atom stereocenters. The van der Waals surface area contributed by atoms with Crippen molar-refractivity contribution in [1.82, 2.24) is 14.8 Å². The first-order chi connectivity index (χ1) is 7.47. The van der Waals surface area contributed by atoms with Gasteiger partial charge in [0.2, 0.25) is 0 Å². The highest BCUT2D eigenvalue weighted by atomic mass is 19.4. The summed E-state index contributed by atoms with van der Waals surface area (Å²) in [5.74, 6) is 0. The number of pyridine rings is 1. The Hall–Kier alpha value is -1.85. The van der Waals surface area contributed by atoms with Crippen molar-refractivity contribution in [2.45, 2.75) is 6.18 Å². The van der Waals surface area contributed by atoms with E-state index < -0.39 is 11.7 Å². The molecule has 0 fully saturated rings. The molecule has 84 valence electrons. The van der Waals surface area contributed by atoms with E-state index in [1.54, 1.807) is 24.1 Å². The number of alkyl halides is 3. The molecule has 2 heterocycles. The van der Waals surface area contributed by atoms with Crippen LogP contribution in [0.1, 0.15) is 5.56 Å². The molecule has 2 aromatic heterocycles. The fourth-order valence-electron chi connectivity index (χ4n) is 1.29. The van der Waals surface area contributed by atoms with E-state index in [2.05, 4.69) is 10.1 Å². The Morgan fingerprint density at radius 2 is 1.94 bits per heavy atom. The lowest BCUT2D eigenvalue weighted by molar-refractivity contribution is -0.137. The number of hydrogen-bond acceptors (Lipinski definition) is 2. The van der Waals surface area contributed by atoms with Gasteiger partial charge < -0.3 is 0 Å². The van der Waals surface area contributed by atoms with Crippen molar-refractivity contribution in [3.05, 3.63) is 36.3 Å². The monoisotopic (exact) mass is 227 g/mol. The summed E-state index contributed by atoms with van der Waals surface area (Å²) in [5, 5.41) is 3.92. The highest BCUT2D eigenvalue weighted by Crippen LogP contribution is 2.29. The Kier molecular flexibility index (Phi) is 2.41. The molecule has 0 amide bonds. The minimum atomic E-state index is -4.35. The van der Waals surface area contributed by atoms with Crippen LogP contribution in [0.25, 0.3) is 11.3 Å². The molecular formula is C10H8F3N3. The standard InChI is InChI=1S/C10H8F3N3/c1-16-6-7(4-15-16)9-3-2-8(5-14-9)10(11,12)13/h2-6H,1H3. The zero-order valence-corrected chi connectivity index (χ0v) is 8.36. The summed E-state index contributed by atoms with van der Waals surface area (Å²) in [5.41, 5.74) is 0.414. The fourth-order valence-corrected chi connectivity index (χ4v) is 1.29. The summed E-state index contributed by atoms with van der Waals surface area (Å²) in [4.78, 5) is 3.76. The van der Waals surface area contributed by atoms with Gasteiger partial charge in [-0.15, -0.1) is 0 Å². The lowest BCUT2D eigenvalue weighted by atomic mass is 10.2. The average molecular weight is 227 g/mol. The zero-order chi connectivity index (χ0) is 11.8. The second-order valence-corrected chi connectivity index (χ2v) is 3.33. The molecule has 0 radical (unpaired) electrons. The van der Waals surface area contributed by atoms with Crippen LogP contribution in [0.3, 0.4) is 0 Å². The van der Waals surface area contributed by atoms with Crippen LogP contribution in [-0.2, 0) is 13.2 Å². The number of aryl methyl sites for hydroxylation is 1. The van der Waals surface area contributed by atoms with Crippen molar-refractivity contribution >= 4 is 0 Å². The van der Waals surface area contributed by atoms with E-state index in [1.165, 1.54) is 6.07 Å². The Bertz CT molecular complexity index is 485. The summed E-state index contributed by atoms with van der Waals surface area (Å²) in [6, 6.07) is 2.34. The number of hydrogen-bond donors (Lipinski definition) is 0. The lowest BCUT2D eigenvalue weighted by Gasteiger charge is -2.05. The van der Waals surface area contributed by atoms with Gasteiger partial charge in [-0.3, -0.25) is 9.67 Å². The van der Waals surface area contributed by atoms with Crippen molar-refractivity contribution in [3.63, 3.8) is 0 Å². The van der Waals surface area contributed by atoms with Crippen LogP contribution in [0.15, 0.2) is 30.7 Å². The topological polar surface area (TPSA) is 30.7 Å². The molecule has 0 bridgehead atoms. The van der Waals surface area contributed by atoms with E-state index in [-0.39, 0.29) is 0 Å².